The van der Waals surface area contributed by atoms with Gasteiger partial charge in [0.2, 0.25) is 5.95 Å². The molecule has 4 nitrogen and oxygen atoms in total. The van der Waals surface area contributed by atoms with Crippen LogP contribution in [-0.2, 0) is 13.6 Å². The molecule has 0 aliphatic carbocycles. The van der Waals surface area contributed by atoms with Gasteiger partial charge in [-0.05, 0) is 19.6 Å². The highest BCUT2D eigenvalue weighted by molar-refractivity contribution is 8.25. The Morgan fingerprint density at radius 1 is 1.00 bits per heavy atom. The summed E-state index contributed by atoms with van der Waals surface area (Å²) in [6.07, 6.45) is -12.1. The van der Waals surface area contributed by atoms with Crippen LogP contribution in [0.25, 0.3) is 0 Å². The molecule has 24 heavy (non-hydrogen) atoms. The summed E-state index contributed by atoms with van der Waals surface area (Å²) in [5.74, 6) is -2.82. The number of halogens is 7. The fraction of sp³-hybridized carbons (Fsp3) is 0.727. The molecule has 142 valence electrons. The number of nitrogens with zero attached hydrogens (tertiary/aromatic N) is 1. The van der Waals surface area contributed by atoms with Gasteiger partial charge in [0.25, 0.3) is 0 Å². The first kappa shape index (κ1) is 23.4. The van der Waals surface area contributed by atoms with Crippen molar-refractivity contribution in [3.05, 3.63) is 11.5 Å². The number of allylic oxidation sites excluding steroid dienone is 1. The van der Waals surface area contributed by atoms with Crippen molar-refractivity contribution >= 4 is 24.1 Å². The third kappa shape index (κ3) is 6.73. The Morgan fingerprint density at radius 2 is 1.42 bits per heavy atom. The molecule has 0 amide bonds. The summed E-state index contributed by atoms with van der Waals surface area (Å²) in [6, 6.07) is 0. The van der Waals surface area contributed by atoms with Crippen LogP contribution in [-0.4, -0.2) is 36.1 Å². The quantitative estimate of drug-likeness (QED) is 0.180. The second-order valence-electron chi connectivity index (χ2n) is 3.82. The average molecular weight is 405 g/mol. The van der Waals surface area contributed by atoms with Gasteiger partial charge in [0, 0.05) is 0 Å². The first-order chi connectivity index (χ1) is 10.8. The van der Waals surface area contributed by atoms with Gasteiger partial charge in [0.05, 0.1) is 13.2 Å². The van der Waals surface area contributed by atoms with Crippen LogP contribution >= 0.6 is 19.4 Å². The monoisotopic (exact) mass is 405 g/mol. The van der Waals surface area contributed by atoms with Crippen LogP contribution in [0.3, 0.4) is 0 Å². The van der Waals surface area contributed by atoms with Gasteiger partial charge in [-0.25, -0.2) is 4.99 Å². The summed E-state index contributed by atoms with van der Waals surface area (Å²) < 4.78 is 110. The molecule has 0 rings (SSSR count). The number of hydrogen-bond acceptors (Lipinski definition) is 5. The highest BCUT2D eigenvalue weighted by atomic mass is 32.2. The normalized spacial score (nSPS) is 14.0. The molecular formula is C11H15F7NO3PS. The lowest BCUT2D eigenvalue weighted by Crippen LogP contribution is -2.27. The van der Waals surface area contributed by atoms with E-state index in [0.29, 0.717) is 11.8 Å². The molecule has 0 bridgehead atoms. The van der Waals surface area contributed by atoms with E-state index in [-0.39, 0.29) is 19.0 Å². The molecule has 0 aliphatic rings. The van der Waals surface area contributed by atoms with E-state index in [9.17, 15) is 35.3 Å². The van der Waals surface area contributed by atoms with Gasteiger partial charge in [0.1, 0.15) is 0 Å². The zero-order valence-electron chi connectivity index (χ0n) is 12.8. The smallest absolute Gasteiger partial charge is 0.304 e. The molecule has 13 heteroatoms. The van der Waals surface area contributed by atoms with E-state index in [2.05, 4.69) is 4.99 Å². The first-order valence-corrected chi connectivity index (χ1v) is 9.01. The molecule has 0 heterocycles. The Kier molecular flexibility index (Phi) is 8.99. The van der Waals surface area contributed by atoms with Gasteiger partial charge in [0.15, 0.2) is 10.4 Å². The Morgan fingerprint density at radius 3 is 1.71 bits per heavy atom. The lowest BCUT2D eigenvalue weighted by Gasteiger charge is -2.19. The highest BCUT2D eigenvalue weighted by Crippen LogP contribution is 2.54. The van der Waals surface area contributed by atoms with Gasteiger partial charge < -0.3 is 9.05 Å². The van der Waals surface area contributed by atoms with Gasteiger partial charge in [-0.15, -0.1) is 0 Å². The predicted octanol–water partition coefficient (Wildman–Crippen LogP) is 5.67. The van der Waals surface area contributed by atoms with E-state index >= 15 is 0 Å². The van der Waals surface area contributed by atoms with E-state index < -0.39 is 36.3 Å². The molecule has 0 radical (unpaired) electrons. The molecular weight excluding hydrogens is 390 g/mol. The Hall–Kier alpha value is -0.580. The van der Waals surface area contributed by atoms with E-state index in [1.54, 1.807) is 0 Å². The minimum Gasteiger partial charge on any atom is -0.304 e. The van der Waals surface area contributed by atoms with Crippen LogP contribution in [0.4, 0.5) is 30.7 Å². The average Bonchev–Trinajstić information content (AvgIpc) is 2.35. The third-order valence-corrected chi connectivity index (χ3v) is 5.53. The minimum absolute atomic E-state index is 0.0314. The molecule has 0 unspecified atom stereocenters. The first-order valence-electron chi connectivity index (χ1n) is 6.48. The summed E-state index contributed by atoms with van der Waals surface area (Å²) in [5.41, 5.74) is -3.43. The van der Waals surface area contributed by atoms with Crippen LogP contribution < -0.4 is 0 Å². The van der Waals surface area contributed by atoms with Gasteiger partial charge in [-0.1, -0.05) is 18.7 Å². The number of aliphatic imine (C=N–C) groups is 1. The fourth-order valence-corrected chi connectivity index (χ4v) is 4.25. The molecule has 0 aliphatic heterocycles. The summed E-state index contributed by atoms with van der Waals surface area (Å²) in [6.45, 7) is 3.69. The van der Waals surface area contributed by atoms with Gasteiger partial charge >= 0.3 is 19.9 Å². The largest absolute Gasteiger partial charge is 0.425 e. The molecule has 0 aromatic rings. The number of hydrogen-bond donors (Lipinski definition) is 0. The maximum Gasteiger partial charge on any atom is 0.425 e. The van der Waals surface area contributed by atoms with E-state index in [1.807, 2.05) is 0 Å². The number of alkyl halides is 6. The van der Waals surface area contributed by atoms with Crippen molar-refractivity contribution < 1.29 is 44.3 Å². The van der Waals surface area contributed by atoms with Crippen molar-refractivity contribution in [3.63, 3.8) is 0 Å². The Bertz CT molecular complexity index is 505. The molecule has 0 fully saturated rings. The van der Waals surface area contributed by atoms with Crippen molar-refractivity contribution in [1.82, 2.24) is 0 Å². The van der Waals surface area contributed by atoms with Crippen molar-refractivity contribution in [3.8, 4) is 0 Å². The van der Waals surface area contributed by atoms with Gasteiger partial charge in [-0.2, -0.15) is 30.7 Å². The molecule has 0 N–H and O–H groups in total. The zero-order chi connectivity index (χ0) is 19.2. The van der Waals surface area contributed by atoms with Crippen LogP contribution in [0.5, 0.6) is 0 Å². The lowest BCUT2D eigenvalue weighted by molar-refractivity contribution is -0.174. The topological polar surface area (TPSA) is 47.9 Å². The highest BCUT2D eigenvalue weighted by Gasteiger charge is 2.54. The minimum atomic E-state index is -6.03. The van der Waals surface area contributed by atoms with Crippen LogP contribution in [0.15, 0.2) is 16.5 Å². The molecule has 0 aromatic carbocycles. The Labute approximate surface area is 138 Å². The SMILES string of the molecule is CCOP(=O)(OCC)/C(=N/C(F)=C(C(F)(F)F)C(F)(F)F)SCC. The second-order valence-corrected chi connectivity index (χ2v) is 7.31. The molecule has 0 spiro atoms. The summed E-state index contributed by atoms with van der Waals surface area (Å²) >= 11 is 0.458. The summed E-state index contributed by atoms with van der Waals surface area (Å²) in [4.78, 5) is 1.73. The molecule has 0 saturated carbocycles. The zero-order valence-corrected chi connectivity index (χ0v) is 14.5. The van der Waals surface area contributed by atoms with E-state index in [0.717, 1.165) is 0 Å². The van der Waals surface area contributed by atoms with Crippen molar-refractivity contribution in [1.29, 1.82) is 0 Å². The fourth-order valence-electron chi connectivity index (χ4n) is 1.32. The summed E-state index contributed by atoms with van der Waals surface area (Å²) in [7, 11) is -4.34. The third-order valence-electron chi connectivity index (χ3n) is 2.07. The Balaban J connectivity index is 6.31. The van der Waals surface area contributed by atoms with E-state index in [4.69, 9.17) is 9.05 Å². The van der Waals surface area contributed by atoms with Crippen molar-refractivity contribution in [2.24, 2.45) is 4.99 Å². The predicted molar refractivity (Wildman–Crippen MR) is 76.7 cm³/mol. The molecule has 0 saturated heterocycles. The standard InChI is InChI=1S/C11H15F7NO3PS/c1-4-21-23(20,22-5-2)9(24-6-3)19-8(12)7(10(13,14)15)11(16,17)18/h4-6H2,1-3H3/b19-9-. The van der Waals surface area contributed by atoms with Gasteiger partial charge in [-0.3, -0.25) is 4.57 Å². The number of rotatable bonds is 7. The van der Waals surface area contributed by atoms with Crippen LogP contribution in [0.1, 0.15) is 20.8 Å². The summed E-state index contributed by atoms with van der Waals surface area (Å²) in [5, 5.41) is 0. The maximum atomic E-state index is 13.7. The molecule has 0 aromatic heterocycles. The van der Waals surface area contributed by atoms with E-state index in [1.165, 1.54) is 20.8 Å². The maximum absolute atomic E-state index is 13.7. The lowest BCUT2D eigenvalue weighted by atomic mass is 10.2. The molecule has 0 atom stereocenters. The van der Waals surface area contributed by atoms with Crippen molar-refractivity contribution in [2.75, 3.05) is 19.0 Å². The van der Waals surface area contributed by atoms with Crippen LogP contribution in [0.2, 0.25) is 0 Å². The second kappa shape index (κ2) is 9.21. The van der Waals surface area contributed by atoms with Crippen molar-refractivity contribution in [2.45, 2.75) is 33.1 Å². The number of thioether (sulfide) groups is 1. The van der Waals surface area contributed by atoms with Crippen LogP contribution in [0, 0.1) is 0 Å².